The van der Waals surface area contributed by atoms with Gasteiger partial charge in [-0.2, -0.15) is 8.42 Å². The van der Waals surface area contributed by atoms with Crippen LogP contribution >= 0.6 is 10.3 Å². The van der Waals surface area contributed by atoms with Crippen LogP contribution in [0.3, 0.4) is 0 Å². The molecule has 0 radical (unpaired) electrons. The number of carbonyl (C=O) groups excluding carboxylic acids is 1. The molecule has 0 unspecified atom stereocenters. The van der Waals surface area contributed by atoms with Gasteiger partial charge < -0.3 is 4.74 Å². The summed E-state index contributed by atoms with van der Waals surface area (Å²) < 4.78 is 38.2. The molecular formula is C27H30O5S2. The number of esters is 1. The molecule has 0 N–H and O–H groups in total. The molecule has 3 aromatic rings. The molecule has 5 nitrogen and oxygen atoms in total. The maximum Gasteiger partial charge on any atom is 0.308 e. The van der Waals surface area contributed by atoms with Crippen molar-refractivity contribution in [3.05, 3.63) is 91.0 Å². The van der Waals surface area contributed by atoms with Crippen LogP contribution in [-0.2, 0) is 23.3 Å². The molecule has 0 aromatic heterocycles. The zero-order chi connectivity index (χ0) is 23.9. The quantitative estimate of drug-likeness (QED) is 0.321. The van der Waals surface area contributed by atoms with E-state index in [1.165, 1.54) is 0 Å². The Labute approximate surface area is 203 Å². The number of hydrogen-bond acceptors (Lipinski definition) is 5. The average Bonchev–Trinajstić information content (AvgIpc) is 2.89. The highest BCUT2D eigenvalue weighted by Crippen LogP contribution is 2.69. The predicted octanol–water partition coefficient (Wildman–Crippen LogP) is 6.35. The monoisotopic (exact) mass is 498 g/mol. The molecule has 0 spiro atoms. The minimum Gasteiger partial charge on any atom is -0.464 e. The molecule has 1 fully saturated rings. The lowest BCUT2D eigenvalue weighted by atomic mass is 9.89. The molecular weight excluding hydrogens is 468 g/mol. The molecule has 0 heterocycles. The third kappa shape index (κ3) is 5.71. The van der Waals surface area contributed by atoms with Crippen molar-refractivity contribution in [1.29, 1.82) is 0 Å². The van der Waals surface area contributed by atoms with Crippen molar-refractivity contribution in [1.82, 2.24) is 0 Å². The van der Waals surface area contributed by atoms with Crippen LogP contribution in [0.2, 0.25) is 0 Å². The first kappa shape index (κ1) is 24.5. The van der Waals surface area contributed by atoms with Crippen molar-refractivity contribution >= 4 is 26.4 Å². The first-order chi connectivity index (χ1) is 16.5. The Balaban J connectivity index is 1.63. The van der Waals surface area contributed by atoms with Crippen molar-refractivity contribution < 1.29 is 21.6 Å². The van der Waals surface area contributed by atoms with E-state index in [0.717, 1.165) is 46.8 Å². The third-order valence-electron chi connectivity index (χ3n) is 5.95. The molecule has 0 bridgehead atoms. The summed E-state index contributed by atoms with van der Waals surface area (Å²) in [6, 6.07) is 28.3. The van der Waals surface area contributed by atoms with Gasteiger partial charge >= 0.3 is 5.97 Å². The Hall–Kier alpha value is -2.61. The first-order valence-corrected chi connectivity index (χ1v) is 14.7. The minimum absolute atomic E-state index is 0.125. The Morgan fingerprint density at radius 1 is 0.706 bits per heavy atom. The van der Waals surface area contributed by atoms with Gasteiger partial charge in [0.15, 0.2) is 0 Å². The van der Waals surface area contributed by atoms with Crippen molar-refractivity contribution in [2.75, 3.05) is 12.4 Å². The molecule has 1 aliphatic carbocycles. The van der Waals surface area contributed by atoms with Crippen LogP contribution < -0.4 is 0 Å². The zero-order valence-electron chi connectivity index (χ0n) is 19.0. The molecule has 3 aromatic carbocycles. The summed E-state index contributed by atoms with van der Waals surface area (Å²) in [5.41, 5.74) is 0. The van der Waals surface area contributed by atoms with E-state index >= 15 is 0 Å². The van der Waals surface area contributed by atoms with Gasteiger partial charge in [0.05, 0.1) is 5.92 Å². The summed E-state index contributed by atoms with van der Waals surface area (Å²) >= 11 is 0. The normalized spacial score (nSPS) is 15.5. The van der Waals surface area contributed by atoms with Crippen LogP contribution in [0.5, 0.6) is 0 Å². The van der Waals surface area contributed by atoms with Crippen LogP contribution in [-0.4, -0.2) is 26.7 Å². The Morgan fingerprint density at radius 2 is 1.15 bits per heavy atom. The van der Waals surface area contributed by atoms with Gasteiger partial charge in [-0.15, -0.1) is 0 Å². The Morgan fingerprint density at radius 3 is 1.59 bits per heavy atom. The number of rotatable bonds is 9. The molecule has 0 amide bonds. The minimum atomic E-state index is -4.05. The molecule has 34 heavy (non-hydrogen) atoms. The molecule has 0 atom stereocenters. The van der Waals surface area contributed by atoms with Crippen molar-refractivity contribution in [2.45, 2.75) is 46.8 Å². The fourth-order valence-corrected chi connectivity index (χ4v) is 9.44. The van der Waals surface area contributed by atoms with Crippen LogP contribution in [0.15, 0.2) is 106 Å². The van der Waals surface area contributed by atoms with E-state index in [9.17, 15) is 13.2 Å². The summed E-state index contributed by atoms with van der Waals surface area (Å²) in [7, 11) is -6.64. The maximum atomic E-state index is 13.3. The maximum absolute atomic E-state index is 13.3. The fourth-order valence-electron chi connectivity index (χ4n) is 4.25. The van der Waals surface area contributed by atoms with Crippen LogP contribution in [0, 0.1) is 5.92 Å². The van der Waals surface area contributed by atoms with E-state index in [4.69, 9.17) is 8.37 Å². The Bertz CT molecular complexity index is 1060. The smallest absolute Gasteiger partial charge is 0.308 e. The van der Waals surface area contributed by atoms with Crippen LogP contribution in [0.4, 0.5) is 0 Å². The van der Waals surface area contributed by atoms with E-state index in [2.05, 4.69) is 0 Å². The summed E-state index contributed by atoms with van der Waals surface area (Å²) in [6.07, 6.45) is 4.78. The highest BCUT2D eigenvalue weighted by molar-refractivity contribution is 8.33. The van der Waals surface area contributed by atoms with Crippen molar-refractivity contribution in [3.8, 4) is 0 Å². The Kier molecular flexibility index (Phi) is 8.08. The fraction of sp³-hybridized carbons (Fsp3) is 0.296. The lowest BCUT2D eigenvalue weighted by Gasteiger charge is -2.39. The zero-order valence-corrected chi connectivity index (χ0v) is 20.7. The van der Waals surface area contributed by atoms with Gasteiger partial charge in [0.25, 0.3) is 10.1 Å². The number of ether oxygens (including phenoxy) is 1. The third-order valence-corrected chi connectivity index (χ3v) is 11.1. The largest absolute Gasteiger partial charge is 0.464 e. The van der Waals surface area contributed by atoms with E-state index in [1.54, 1.807) is 0 Å². The van der Waals surface area contributed by atoms with Gasteiger partial charge in [-0.3, -0.25) is 4.79 Å². The van der Waals surface area contributed by atoms with Crippen LogP contribution in [0.1, 0.15) is 32.1 Å². The predicted molar refractivity (Wildman–Crippen MR) is 134 cm³/mol. The topological polar surface area (TPSA) is 69.7 Å². The van der Waals surface area contributed by atoms with Gasteiger partial charge in [0.2, 0.25) is 0 Å². The van der Waals surface area contributed by atoms with Crippen LogP contribution in [0.25, 0.3) is 0 Å². The van der Waals surface area contributed by atoms with Crippen molar-refractivity contribution in [2.24, 2.45) is 5.92 Å². The number of hydrogen-bond donors (Lipinski definition) is 0. The first-order valence-electron chi connectivity index (χ1n) is 11.6. The molecule has 0 saturated heterocycles. The average molecular weight is 499 g/mol. The van der Waals surface area contributed by atoms with E-state index in [1.807, 2.05) is 91.0 Å². The summed E-state index contributed by atoms with van der Waals surface area (Å²) in [5, 5.41) is 0. The van der Waals surface area contributed by atoms with Gasteiger partial charge in [0, 0.05) is 14.7 Å². The summed E-state index contributed by atoms with van der Waals surface area (Å²) in [6.45, 7) is -0.217. The lowest BCUT2D eigenvalue weighted by molar-refractivity contribution is -0.148. The molecule has 1 aliphatic rings. The molecule has 180 valence electrons. The standard InChI is InChI=1S/C27H30O5S2/c28-27(23-13-5-1-6-14-23)31-21-22-33(29,30)32-34(24-15-7-2-8-16-24,25-17-9-3-10-18-25)26-19-11-4-12-20-26/h2-4,7-12,15-20,23H,1,5-6,13-14,21-22H2. The van der Waals surface area contributed by atoms with Crippen molar-refractivity contribution in [3.63, 3.8) is 0 Å². The van der Waals surface area contributed by atoms with E-state index < -0.39 is 26.2 Å². The van der Waals surface area contributed by atoms with Gasteiger partial charge in [-0.25, -0.2) is 3.63 Å². The second kappa shape index (κ2) is 11.2. The second-order valence-corrected chi connectivity index (χ2v) is 12.9. The van der Waals surface area contributed by atoms with Gasteiger partial charge in [-0.05, 0) is 59.5 Å². The number of carbonyl (C=O) groups is 1. The van der Waals surface area contributed by atoms with Gasteiger partial charge in [-0.1, -0.05) is 73.9 Å². The second-order valence-electron chi connectivity index (χ2n) is 8.33. The lowest BCUT2D eigenvalue weighted by Crippen LogP contribution is -2.24. The van der Waals surface area contributed by atoms with Gasteiger partial charge in [0.1, 0.15) is 12.4 Å². The van der Waals surface area contributed by atoms with E-state index in [-0.39, 0.29) is 18.5 Å². The highest BCUT2D eigenvalue weighted by atomic mass is 32.3. The molecule has 4 rings (SSSR count). The SMILES string of the molecule is O=C(OCCS(=O)(=O)OS(c1ccccc1)(c1ccccc1)c1ccccc1)C1CCCCC1. The highest BCUT2D eigenvalue weighted by Gasteiger charge is 2.37. The summed E-state index contributed by atoms with van der Waals surface area (Å²) in [5.74, 6) is -0.824. The number of benzene rings is 3. The molecule has 0 aliphatic heterocycles. The van der Waals surface area contributed by atoms with E-state index in [0.29, 0.717) is 0 Å². The molecule has 7 heteroatoms. The molecule has 1 saturated carbocycles. The summed E-state index contributed by atoms with van der Waals surface area (Å²) in [4.78, 5) is 14.7.